The number of carbonyl (C=O) groups excluding carboxylic acids is 3. The molecule has 2 aromatic rings. The third-order valence-electron chi connectivity index (χ3n) is 3.79. The molecule has 1 amide bonds. The van der Waals surface area contributed by atoms with Crippen molar-refractivity contribution in [1.82, 2.24) is 5.32 Å². The number of hydrogen-bond acceptors (Lipinski definition) is 6. The number of benzene rings is 2. The summed E-state index contributed by atoms with van der Waals surface area (Å²) in [4.78, 5) is 34.8. The van der Waals surface area contributed by atoms with E-state index in [1.807, 2.05) is 31.2 Å². The highest BCUT2D eigenvalue weighted by Gasteiger charge is 2.09. The normalized spacial score (nSPS) is 10.1. The van der Waals surface area contributed by atoms with Crippen molar-refractivity contribution in [2.45, 2.75) is 19.9 Å². The molecule has 0 bridgehead atoms. The zero-order valence-corrected chi connectivity index (χ0v) is 15.9. The maximum absolute atomic E-state index is 11.8. The van der Waals surface area contributed by atoms with Gasteiger partial charge in [0.2, 0.25) is 0 Å². The molecule has 0 radical (unpaired) electrons. The van der Waals surface area contributed by atoms with Crippen LogP contribution in [-0.2, 0) is 25.6 Å². The Bertz CT molecular complexity index is 816. The number of carbonyl (C=O) groups is 3. The molecule has 28 heavy (non-hydrogen) atoms. The van der Waals surface area contributed by atoms with Crippen LogP contribution >= 0.6 is 0 Å². The Balaban J connectivity index is 1.63. The molecule has 7 nitrogen and oxygen atoms in total. The largest absolute Gasteiger partial charge is 0.493 e. The van der Waals surface area contributed by atoms with Gasteiger partial charge in [-0.15, -0.1) is 0 Å². The van der Waals surface area contributed by atoms with Gasteiger partial charge in [-0.25, -0.2) is 4.79 Å². The van der Waals surface area contributed by atoms with Gasteiger partial charge in [0.25, 0.3) is 5.91 Å². The Morgan fingerprint density at radius 3 is 2.46 bits per heavy atom. The fourth-order valence-electron chi connectivity index (χ4n) is 2.30. The molecule has 0 saturated heterocycles. The molecule has 0 heterocycles. The summed E-state index contributed by atoms with van der Waals surface area (Å²) in [6.45, 7) is 2.03. The van der Waals surface area contributed by atoms with Crippen molar-refractivity contribution in [1.29, 1.82) is 0 Å². The number of aryl methyl sites for hydroxylation is 1. The summed E-state index contributed by atoms with van der Waals surface area (Å²) in [6.07, 6.45) is 0.0518. The van der Waals surface area contributed by atoms with Gasteiger partial charge in [0.05, 0.1) is 25.7 Å². The van der Waals surface area contributed by atoms with Crippen molar-refractivity contribution < 1.29 is 28.6 Å². The predicted molar refractivity (Wildman–Crippen MR) is 102 cm³/mol. The van der Waals surface area contributed by atoms with E-state index in [-0.39, 0.29) is 26.2 Å². The zero-order valence-electron chi connectivity index (χ0n) is 15.9. The first kappa shape index (κ1) is 21.0. The molecular formula is C21H23NO6. The number of rotatable bonds is 9. The van der Waals surface area contributed by atoms with Gasteiger partial charge in [0.1, 0.15) is 5.75 Å². The molecule has 1 N–H and O–H groups in total. The summed E-state index contributed by atoms with van der Waals surface area (Å²) >= 11 is 0. The van der Waals surface area contributed by atoms with Gasteiger partial charge in [0, 0.05) is 6.54 Å². The van der Waals surface area contributed by atoms with E-state index in [4.69, 9.17) is 9.47 Å². The van der Waals surface area contributed by atoms with Gasteiger partial charge in [-0.2, -0.15) is 0 Å². The van der Waals surface area contributed by atoms with E-state index >= 15 is 0 Å². The molecule has 0 aliphatic carbocycles. The number of ether oxygens (including phenoxy) is 3. The van der Waals surface area contributed by atoms with Crippen molar-refractivity contribution in [2.75, 3.05) is 20.3 Å². The van der Waals surface area contributed by atoms with Crippen LogP contribution in [0, 0.1) is 6.92 Å². The lowest BCUT2D eigenvalue weighted by molar-refractivity contribution is -0.149. The second-order valence-electron chi connectivity index (χ2n) is 6.04. The number of methoxy groups -OCH3 is 1. The molecule has 0 aliphatic heterocycles. The Morgan fingerprint density at radius 2 is 1.79 bits per heavy atom. The first-order valence-electron chi connectivity index (χ1n) is 8.77. The Kier molecular flexibility index (Phi) is 8.02. The van der Waals surface area contributed by atoms with Crippen molar-refractivity contribution in [3.8, 4) is 5.75 Å². The lowest BCUT2D eigenvalue weighted by Crippen LogP contribution is -2.28. The number of hydrogen-bond donors (Lipinski definition) is 1. The lowest BCUT2D eigenvalue weighted by Gasteiger charge is -2.08. The van der Waals surface area contributed by atoms with Crippen LogP contribution in [-0.4, -0.2) is 38.2 Å². The van der Waals surface area contributed by atoms with Crippen LogP contribution in [0.1, 0.15) is 27.9 Å². The minimum absolute atomic E-state index is 0.0518. The topological polar surface area (TPSA) is 90.9 Å². The molecule has 0 fully saturated rings. The Hall–Kier alpha value is -3.35. The van der Waals surface area contributed by atoms with Crippen molar-refractivity contribution >= 4 is 17.8 Å². The van der Waals surface area contributed by atoms with E-state index in [2.05, 4.69) is 10.1 Å². The summed E-state index contributed by atoms with van der Waals surface area (Å²) in [5.74, 6) is -0.659. The van der Waals surface area contributed by atoms with Crippen molar-refractivity contribution in [3.05, 3.63) is 65.2 Å². The third kappa shape index (κ3) is 7.11. The molecule has 7 heteroatoms. The van der Waals surface area contributed by atoms with Crippen LogP contribution in [0.15, 0.2) is 48.5 Å². The highest BCUT2D eigenvalue weighted by Crippen LogP contribution is 2.12. The van der Waals surface area contributed by atoms with E-state index in [0.717, 1.165) is 11.1 Å². The van der Waals surface area contributed by atoms with Gasteiger partial charge in [-0.3, -0.25) is 9.59 Å². The average Bonchev–Trinajstić information content (AvgIpc) is 2.70. The smallest absolute Gasteiger partial charge is 0.337 e. The number of amides is 1. The minimum Gasteiger partial charge on any atom is -0.493 e. The molecule has 2 rings (SSSR count). The van der Waals surface area contributed by atoms with E-state index in [1.165, 1.54) is 7.11 Å². The summed E-state index contributed by atoms with van der Waals surface area (Å²) in [6, 6.07) is 14.1. The maximum Gasteiger partial charge on any atom is 0.337 e. The van der Waals surface area contributed by atoms with E-state index in [1.54, 1.807) is 24.3 Å². The highest BCUT2D eigenvalue weighted by molar-refractivity contribution is 5.89. The number of esters is 2. The van der Waals surface area contributed by atoms with E-state index < -0.39 is 17.8 Å². The Morgan fingerprint density at radius 1 is 1.04 bits per heavy atom. The second-order valence-corrected chi connectivity index (χ2v) is 6.04. The fourth-order valence-corrected chi connectivity index (χ4v) is 2.30. The Labute approximate surface area is 163 Å². The SMILES string of the molecule is COC(=O)c1ccc(CNC(=O)COC(=O)CCOc2cccc(C)c2)cc1. The average molecular weight is 385 g/mol. The highest BCUT2D eigenvalue weighted by atomic mass is 16.5. The van der Waals surface area contributed by atoms with Crippen molar-refractivity contribution in [3.63, 3.8) is 0 Å². The van der Waals surface area contributed by atoms with Gasteiger partial charge in [-0.1, -0.05) is 24.3 Å². The van der Waals surface area contributed by atoms with Gasteiger partial charge < -0.3 is 19.5 Å². The van der Waals surface area contributed by atoms with Crippen LogP contribution in [0.3, 0.4) is 0 Å². The molecule has 0 aliphatic rings. The van der Waals surface area contributed by atoms with Crippen molar-refractivity contribution in [2.24, 2.45) is 0 Å². The zero-order chi connectivity index (χ0) is 20.4. The quantitative estimate of drug-likeness (QED) is 0.667. The molecular weight excluding hydrogens is 362 g/mol. The van der Waals surface area contributed by atoms with Gasteiger partial charge in [0.15, 0.2) is 6.61 Å². The van der Waals surface area contributed by atoms with Gasteiger partial charge >= 0.3 is 11.9 Å². The molecule has 2 aromatic carbocycles. The first-order chi connectivity index (χ1) is 13.5. The monoisotopic (exact) mass is 385 g/mol. The molecule has 148 valence electrons. The van der Waals surface area contributed by atoms with Gasteiger partial charge in [-0.05, 0) is 42.3 Å². The summed E-state index contributed by atoms with van der Waals surface area (Å²) in [7, 11) is 1.31. The lowest BCUT2D eigenvalue weighted by atomic mass is 10.1. The summed E-state index contributed by atoms with van der Waals surface area (Å²) in [5, 5.41) is 2.64. The first-order valence-corrected chi connectivity index (χ1v) is 8.77. The van der Waals surface area contributed by atoms with Crippen LogP contribution in [0.2, 0.25) is 0 Å². The minimum atomic E-state index is -0.509. The molecule has 0 aromatic heterocycles. The number of nitrogens with one attached hydrogen (secondary N) is 1. The summed E-state index contributed by atoms with van der Waals surface area (Å²) < 4.78 is 15.0. The predicted octanol–water partition coefficient (Wildman–Crippen LogP) is 2.41. The third-order valence-corrected chi connectivity index (χ3v) is 3.79. The van der Waals surface area contributed by atoms with Crippen LogP contribution < -0.4 is 10.1 Å². The van der Waals surface area contributed by atoms with Crippen LogP contribution in [0.5, 0.6) is 5.75 Å². The molecule has 0 spiro atoms. The summed E-state index contributed by atoms with van der Waals surface area (Å²) in [5.41, 5.74) is 2.30. The van der Waals surface area contributed by atoms with E-state index in [0.29, 0.717) is 11.3 Å². The fraction of sp³-hybridized carbons (Fsp3) is 0.286. The molecule has 0 saturated carbocycles. The van der Waals surface area contributed by atoms with E-state index in [9.17, 15) is 14.4 Å². The van der Waals surface area contributed by atoms with Crippen LogP contribution in [0.25, 0.3) is 0 Å². The standard InChI is InChI=1S/C21H23NO6/c1-15-4-3-5-18(12-15)27-11-10-20(24)28-14-19(23)22-13-16-6-8-17(9-7-16)21(25)26-2/h3-9,12H,10-11,13-14H2,1-2H3,(H,22,23). The molecule has 0 unspecified atom stereocenters. The van der Waals surface area contributed by atoms with Crippen LogP contribution in [0.4, 0.5) is 0 Å². The second kappa shape index (κ2) is 10.7. The maximum atomic E-state index is 11.8. The molecule has 0 atom stereocenters.